The molecule has 1 saturated heterocycles. The van der Waals surface area contributed by atoms with Crippen LogP contribution in [-0.2, 0) is 0 Å². The number of carbonyl (C=O) groups is 2. The standard InChI is InChI=1S/C21H25N3O2S/c25-20(24-13-4-5-14-24)17-8-6-9-18(16-17)23-21(26)22-12-7-15-27-19-10-2-1-3-11-19/h1-3,6,8-11,16H,4-5,7,12-15H2,(H2,22,23,26). The number of amides is 3. The number of hydrogen-bond donors (Lipinski definition) is 2. The topological polar surface area (TPSA) is 61.4 Å². The molecule has 3 rings (SSSR count). The maximum Gasteiger partial charge on any atom is 0.319 e. The Labute approximate surface area is 164 Å². The van der Waals surface area contributed by atoms with Crippen LogP contribution in [0.4, 0.5) is 10.5 Å². The van der Waals surface area contributed by atoms with Crippen LogP contribution in [0.3, 0.4) is 0 Å². The molecule has 1 fully saturated rings. The van der Waals surface area contributed by atoms with Crippen LogP contribution in [0.15, 0.2) is 59.5 Å². The first-order valence-corrected chi connectivity index (χ1v) is 10.3. The van der Waals surface area contributed by atoms with Crippen LogP contribution < -0.4 is 10.6 Å². The summed E-state index contributed by atoms with van der Waals surface area (Å²) in [4.78, 5) is 27.6. The average Bonchev–Trinajstić information content (AvgIpc) is 3.23. The monoisotopic (exact) mass is 383 g/mol. The summed E-state index contributed by atoms with van der Waals surface area (Å²) in [6, 6.07) is 17.1. The van der Waals surface area contributed by atoms with Crippen molar-refractivity contribution in [2.24, 2.45) is 0 Å². The van der Waals surface area contributed by atoms with E-state index >= 15 is 0 Å². The maximum absolute atomic E-state index is 12.4. The molecule has 0 bridgehead atoms. The zero-order valence-corrected chi connectivity index (χ0v) is 16.1. The Balaban J connectivity index is 1.40. The van der Waals surface area contributed by atoms with Gasteiger partial charge in [-0.2, -0.15) is 0 Å². The second-order valence-corrected chi connectivity index (χ2v) is 7.64. The summed E-state index contributed by atoms with van der Waals surface area (Å²) >= 11 is 1.78. The first-order chi connectivity index (χ1) is 13.2. The van der Waals surface area contributed by atoms with Crippen molar-refractivity contribution in [3.8, 4) is 0 Å². The number of nitrogens with one attached hydrogen (secondary N) is 2. The maximum atomic E-state index is 12.4. The highest BCUT2D eigenvalue weighted by molar-refractivity contribution is 7.99. The molecule has 0 aromatic heterocycles. The van der Waals surface area contributed by atoms with Gasteiger partial charge >= 0.3 is 6.03 Å². The van der Waals surface area contributed by atoms with Crippen molar-refractivity contribution in [2.75, 3.05) is 30.7 Å². The van der Waals surface area contributed by atoms with Crippen LogP contribution in [0.2, 0.25) is 0 Å². The third-order valence-corrected chi connectivity index (χ3v) is 5.48. The molecule has 2 aromatic rings. The van der Waals surface area contributed by atoms with Crippen LogP contribution in [0.1, 0.15) is 29.6 Å². The summed E-state index contributed by atoms with van der Waals surface area (Å²) in [5.41, 5.74) is 1.25. The van der Waals surface area contributed by atoms with E-state index in [1.165, 1.54) is 4.90 Å². The smallest absolute Gasteiger partial charge is 0.319 e. The predicted octanol–water partition coefficient (Wildman–Crippen LogP) is 4.23. The minimum Gasteiger partial charge on any atom is -0.339 e. The van der Waals surface area contributed by atoms with Crippen LogP contribution in [0.5, 0.6) is 0 Å². The molecular formula is C21H25N3O2S. The van der Waals surface area contributed by atoms with Crippen molar-refractivity contribution < 1.29 is 9.59 Å². The van der Waals surface area contributed by atoms with Gasteiger partial charge in [0.25, 0.3) is 5.91 Å². The first-order valence-electron chi connectivity index (χ1n) is 9.34. The van der Waals surface area contributed by atoms with Crippen molar-refractivity contribution >= 4 is 29.4 Å². The van der Waals surface area contributed by atoms with Gasteiger partial charge in [0.2, 0.25) is 0 Å². The van der Waals surface area contributed by atoms with Gasteiger partial charge < -0.3 is 15.5 Å². The van der Waals surface area contributed by atoms with Crippen LogP contribution >= 0.6 is 11.8 Å². The van der Waals surface area contributed by atoms with E-state index in [0.717, 1.165) is 38.1 Å². The molecule has 2 aromatic carbocycles. The summed E-state index contributed by atoms with van der Waals surface area (Å²) in [5.74, 6) is 0.985. The van der Waals surface area contributed by atoms with Crippen molar-refractivity contribution in [3.63, 3.8) is 0 Å². The van der Waals surface area contributed by atoms with E-state index in [1.807, 2.05) is 23.1 Å². The molecule has 0 aliphatic carbocycles. The summed E-state index contributed by atoms with van der Waals surface area (Å²) in [5, 5.41) is 5.67. The summed E-state index contributed by atoms with van der Waals surface area (Å²) in [7, 11) is 0. The van der Waals surface area contributed by atoms with E-state index in [2.05, 4.69) is 22.8 Å². The number of rotatable bonds is 7. The minimum absolute atomic E-state index is 0.0366. The molecule has 1 aliphatic heterocycles. The van der Waals surface area contributed by atoms with Gasteiger partial charge in [-0.1, -0.05) is 24.3 Å². The number of benzene rings is 2. The Morgan fingerprint density at radius 3 is 2.56 bits per heavy atom. The van der Waals surface area contributed by atoms with Gasteiger partial charge in [-0.05, 0) is 55.3 Å². The van der Waals surface area contributed by atoms with Gasteiger partial charge in [0, 0.05) is 35.8 Å². The quantitative estimate of drug-likeness (QED) is 0.556. The van der Waals surface area contributed by atoms with Crippen molar-refractivity contribution in [1.29, 1.82) is 0 Å². The number of thioether (sulfide) groups is 1. The van der Waals surface area contributed by atoms with E-state index in [0.29, 0.717) is 17.8 Å². The summed E-state index contributed by atoms with van der Waals surface area (Å²) in [6.45, 7) is 2.24. The molecule has 2 N–H and O–H groups in total. The molecule has 6 heteroatoms. The molecule has 1 aliphatic rings. The molecule has 3 amide bonds. The van der Waals surface area contributed by atoms with Crippen molar-refractivity contribution in [3.05, 3.63) is 60.2 Å². The molecule has 0 saturated carbocycles. The normalized spacial score (nSPS) is 13.4. The van der Waals surface area contributed by atoms with E-state index in [1.54, 1.807) is 36.0 Å². The molecule has 0 unspecified atom stereocenters. The molecule has 27 heavy (non-hydrogen) atoms. The molecule has 0 radical (unpaired) electrons. The molecule has 142 valence electrons. The fourth-order valence-electron chi connectivity index (χ4n) is 2.99. The fourth-order valence-corrected chi connectivity index (χ4v) is 3.86. The minimum atomic E-state index is -0.245. The van der Waals surface area contributed by atoms with Crippen LogP contribution in [-0.4, -0.2) is 42.2 Å². The second kappa shape index (κ2) is 10.0. The molecule has 5 nitrogen and oxygen atoms in total. The summed E-state index contributed by atoms with van der Waals surface area (Å²) < 4.78 is 0. The number of likely N-dealkylation sites (tertiary alicyclic amines) is 1. The first kappa shape index (κ1) is 19.3. The fraction of sp³-hybridized carbons (Fsp3) is 0.333. The van der Waals surface area contributed by atoms with Gasteiger partial charge in [0.1, 0.15) is 0 Å². The zero-order valence-electron chi connectivity index (χ0n) is 15.3. The lowest BCUT2D eigenvalue weighted by Crippen LogP contribution is -2.30. The Kier molecular flexibility index (Phi) is 7.16. The number of anilines is 1. The predicted molar refractivity (Wildman–Crippen MR) is 110 cm³/mol. The van der Waals surface area contributed by atoms with E-state index < -0.39 is 0 Å². The largest absolute Gasteiger partial charge is 0.339 e. The number of urea groups is 1. The lowest BCUT2D eigenvalue weighted by atomic mass is 10.2. The molecule has 0 atom stereocenters. The van der Waals surface area contributed by atoms with Crippen LogP contribution in [0.25, 0.3) is 0 Å². The van der Waals surface area contributed by atoms with Gasteiger partial charge in [-0.25, -0.2) is 4.79 Å². The highest BCUT2D eigenvalue weighted by Crippen LogP contribution is 2.18. The Morgan fingerprint density at radius 2 is 1.78 bits per heavy atom. The van der Waals surface area contributed by atoms with Gasteiger partial charge in [0.05, 0.1) is 0 Å². The highest BCUT2D eigenvalue weighted by Gasteiger charge is 2.19. The van der Waals surface area contributed by atoms with Crippen molar-refractivity contribution in [1.82, 2.24) is 10.2 Å². The lowest BCUT2D eigenvalue weighted by molar-refractivity contribution is 0.0793. The van der Waals surface area contributed by atoms with E-state index in [4.69, 9.17) is 0 Å². The third kappa shape index (κ3) is 6.03. The number of hydrogen-bond acceptors (Lipinski definition) is 3. The SMILES string of the molecule is O=C(NCCCSc1ccccc1)Nc1cccc(C(=O)N2CCCC2)c1. The lowest BCUT2D eigenvalue weighted by Gasteiger charge is -2.16. The number of carbonyl (C=O) groups excluding carboxylic acids is 2. The Bertz CT molecular complexity index is 761. The third-order valence-electron chi connectivity index (χ3n) is 4.38. The zero-order chi connectivity index (χ0) is 18.9. The molecular weight excluding hydrogens is 358 g/mol. The average molecular weight is 384 g/mol. The molecule has 1 heterocycles. The Morgan fingerprint density at radius 1 is 1.00 bits per heavy atom. The van der Waals surface area contributed by atoms with E-state index in [9.17, 15) is 9.59 Å². The molecule has 0 spiro atoms. The highest BCUT2D eigenvalue weighted by atomic mass is 32.2. The summed E-state index contributed by atoms with van der Waals surface area (Å²) in [6.07, 6.45) is 3.02. The van der Waals surface area contributed by atoms with Crippen LogP contribution in [0, 0.1) is 0 Å². The van der Waals surface area contributed by atoms with Gasteiger partial charge in [-0.3, -0.25) is 4.79 Å². The Hall–Kier alpha value is -2.47. The van der Waals surface area contributed by atoms with E-state index in [-0.39, 0.29) is 11.9 Å². The number of nitrogens with zero attached hydrogens (tertiary/aromatic N) is 1. The van der Waals surface area contributed by atoms with Gasteiger partial charge in [0.15, 0.2) is 0 Å². The van der Waals surface area contributed by atoms with Crippen molar-refractivity contribution in [2.45, 2.75) is 24.2 Å². The van der Waals surface area contributed by atoms with Gasteiger partial charge in [-0.15, -0.1) is 11.8 Å². The second-order valence-electron chi connectivity index (χ2n) is 6.48.